The molecule has 0 spiro atoms. The number of ether oxygens (including phenoxy) is 1. The van der Waals surface area contributed by atoms with Crippen LogP contribution in [-0.2, 0) is 16.0 Å². The predicted octanol–water partition coefficient (Wildman–Crippen LogP) is 3.59. The van der Waals surface area contributed by atoms with E-state index in [-0.39, 0.29) is 18.6 Å². The van der Waals surface area contributed by atoms with E-state index in [2.05, 4.69) is 24.4 Å². The van der Waals surface area contributed by atoms with Gasteiger partial charge in [-0.05, 0) is 43.5 Å². The Morgan fingerprint density at radius 1 is 1.04 bits per heavy atom. The SMILES string of the molecule is CCc1ccc([C@@H](C)NC(=O)COC(=O)c2ccc(C)cc2)cc1. The monoisotopic (exact) mass is 325 g/mol. The van der Waals surface area contributed by atoms with Crippen LogP contribution in [0.1, 0.15) is 46.9 Å². The fourth-order valence-corrected chi connectivity index (χ4v) is 2.31. The van der Waals surface area contributed by atoms with Gasteiger partial charge in [-0.3, -0.25) is 4.79 Å². The van der Waals surface area contributed by atoms with Crippen LogP contribution >= 0.6 is 0 Å². The van der Waals surface area contributed by atoms with E-state index in [0.717, 1.165) is 17.5 Å². The Balaban J connectivity index is 1.83. The molecule has 0 bridgehead atoms. The van der Waals surface area contributed by atoms with Gasteiger partial charge in [-0.2, -0.15) is 0 Å². The van der Waals surface area contributed by atoms with Gasteiger partial charge in [0.25, 0.3) is 5.91 Å². The number of hydrogen-bond donors (Lipinski definition) is 1. The lowest BCUT2D eigenvalue weighted by Gasteiger charge is -2.15. The molecule has 2 aromatic carbocycles. The molecular formula is C20H23NO3. The molecular weight excluding hydrogens is 302 g/mol. The van der Waals surface area contributed by atoms with Crippen molar-refractivity contribution in [3.8, 4) is 0 Å². The van der Waals surface area contributed by atoms with Crippen molar-refractivity contribution in [2.24, 2.45) is 0 Å². The van der Waals surface area contributed by atoms with Crippen LogP contribution in [0.4, 0.5) is 0 Å². The second-order valence-corrected chi connectivity index (χ2v) is 5.83. The zero-order chi connectivity index (χ0) is 17.5. The first-order valence-corrected chi connectivity index (χ1v) is 8.11. The van der Waals surface area contributed by atoms with Crippen molar-refractivity contribution in [2.45, 2.75) is 33.2 Å². The number of benzene rings is 2. The van der Waals surface area contributed by atoms with Crippen LogP contribution in [0.15, 0.2) is 48.5 Å². The molecule has 1 atom stereocenters. The first kappa shape index (κ1) is 17.7. The number of nitrogens with one attached hydrogen (secondary N) is 1. The van der Waals surface area contributed by atoms with Gasteiger partial charge < -0.3 is 10.1 Å². The van der Waals surface area contributed by atoms with Crippen molar-refractivity contribution in [1.82, 2.24) is 5.32 Å². The van der Waals surface area contributed by atoms with Gasteiger partial charge in [0.15, 0.2) is 6.61 Å². The van der Waals surface area contributed by atoms with Gasteiger partial charge in [0, 0.05) is 0 Å². The highest BCUT2D eigenvalue weighted by atomic mass is 16.5. The van der Waals surface area contributed by atoms with E-state index in [4.69, 9.17) is 4.74 Å². The van der Waals surface area contributed by atoms with Gasteiger partial charge in [0.2, 0.25) is 0 Å². The molecule has 4 heteroatoms. The predicted molar refractivity (Wildman–Crippen MR) is 93.8 cm³/mol. The van der Waals surface area contributed by atoms with Gasteiger partial charge in [-0.1, -0.05) is 48.9 Å². The number of aryl methyl sites for hydroxylation is 2. The van der Waals surface area contributed by atoms with E-state index < -0.39 is 5.97 Å². The molecule has 0 unspecified atom stereocenters. The zero-order valence-corrected chi connectivity index (χ0v) is 14.3. The van der Waals surface area contributed by atoms with Gasteiger partial charge in [-0.15, -0.1) is 0 Å². The molecule has 4 nitrogen and oxygen atoms in total. The molecule has 24 heavy (non-hydrogen) atoms. The fraction of sp³-hybridized carbons (Fsp3) is 0.300. The molecule has 0 aliphatic carbocycles. The second-order valence-electron chi connectivity index (χ2n) is 5.83. The third kappa shape index (κ3) is 4.95. The van der Waals surface area contributed by atoms with Crippen LogP contribution in [0.25, 0.3) is 0 Å². The van der Waals surface area contributed by atoms with Crippen molar-refractivity contribution in [2.75, 3.05) is 6.61 Å². The molecule has 0 radical (unpaired) electrons. The quantitative estimate of drug-likeness (QED) is 0.826. The molecule has 0 heterocycles. The number of esters is 1. The summed E-state index contributed by atoms with van der Waals surface area (Å²) in [7, 11) is 0. The van der Waals surface area contributed by atoms with E-state index in [9.17, 15) is 9.59 Å². The van der Waals surface area contributed by atoms with E-state index in [0.29, 0.717) is 5.56 Å². The Kier molecular flexibility index (Phi) is 6.13. The maximum atomic E-state index is 12.0. The average molecular weight is 325 g/mol. The Morgan fingerprint density at radius 3 is 2.25 bits per heavy atom. The smallest absolute Gasteiger partial charge is 0.338 e. The summed E-state index contributed by atoms with van der Waals surface area (Å²) in [5.41, 5.74) is 3.78. The number of carbonyl (C=O) groups is 2. The van der Waals surface area contributed by atoms with Crippen LogP contribution in [0, 0.1) is 6.92 Å². The summed E-state index contributed by atoms with van der Waals surface area (Å²) in [6, 6.07) is 15.0. The third-order valence-electron chi connectivity index (χ3n) is 3.89. The van der Waals surface area contributed by atoms with Crippen molar-refractivity contribution in [3.05, 3.63) is 70.8 Å². The molecule has 1 N–H and O–H groups in total. The minimum atomic E-state index is -0.495. The summed E-state index contributed by atoms with van der Waals surface area (Å²) in [4.78, 5) is 23.8. The lowest BCUT2D eigenvalue weighted by Crippen LogP contribution is -2.31. The summed E-state index contributed by atoms with van der Waals surface area (Å²) < 4.78 is 5.05. The molecule has 2 rings (SSSR count). The molecule has 126 valence electrons. The third-order valence-corrected chi connectivity index (χ3v) is 3.89. The number of hydrogen-bond acceptors (Lipinski definition) is 3. The van der Waals surface area contributed by atoms with Gasteiger partial charge in [0.05, 0.1) is 11.6 Å². The normalized spacial score (nSPS) is 11.6. The standard InChI is InChI=1S/C20H23NO3/c1-4-16-7-11-17(12-8-16)15(3)21-19(22)13-24-20(23)18-9-5-14(2)6-10-18/h5-12,15H,4,13H2,1-3H3,(H,21,22)/t15-/m1/s1. The van der Waals surface area contributed by atoms with E-state index >= 15 is 0 Å². The molecule has 2 aromatic rings. The summed E-state index contributed by atoms with van der Waals surface area (Å²) in [5.74, 6) is -0.812. The number of amides is 1. The molecule has 1 amide bonds. The lowest BCUT2D eigenvalue weighted by molar-refractivity contribution is -0.124. The molecule has 0 saturated carbocycles. The highest BCUT2D eigenvalue weighted by Crippen LogP contribution is 2.13. The fourth-order valence-electron chi connectivity index (χ4n) is 2.31. The summed E-state index contributed by atoms with van der Waals surface area (Å²) in [5, 5.41) is 2.83. The summed E-state index contributed by atoms with van der Waals surface area (Å²) in [6.45, 7) is 5.66. The maximum absolute atomic E-state index is 12.0. The average Bonchev–Trinajstić information content (AvgIpc) is 2.60. The van der Waals surface area contributed by atoms with Crippen LogP contribution in [0.2, 0.25) is 0 Å². The minimum Gasteiger partial charge on any atom is -0.452 e. The highest BCUT2D eigenvalue weighted by molar-refractivity contribution is 5.91. The van der Waals surface area contributed by atoms with Gasteiger partial charge in [0.1, 0.15) is 0 Å². The minimum absolute atomic E-state index is 0.138. The maximum Gasteiger partial charge on any atom is 0.338 e. The summed E-state index contributed by atoms with van der Waals surface area (Å²) >= 11 is 0. The van der Waals surface area contributed by atoms with E-state index in [1.807, 2.05) is 38.1 Å². The summed E-state index contributed by atoms with van der Waals surface area (Å²) in [6.07, 6.45) is 0.982. The first-order valence-electron chi connectivity index (χ1n) is 8.11. The second kappa shape index (κ2) is 8.29. The molecule has 0 saturated heterocycles. The Bertz CT molecular complexity index is 690. The molecule has 0 aliphatic rings. The molecule has 0 fully saturated rings. The largest absolute Gasteiger partial charge is 0.452 e. The number of carbonyl (C=O) groups excluding carboxylic acids is 2. The zero-order valence-electron chi connectivity index (χ0n) is 14.3. The lowest BCUT2D eigenvalue weighted by atomic mass is 10.1. The molecule has 0 aromatic heterocycles. The Morgan fingerprint density at radius 2 is 1.67 bits per heavy atom. The topological polar surface area (TPSA) is 55.4 Å². The van der Waals surface area contributed by atoms with Crippen LogP contribution in [-0.4, -0.2) is 18.5 Å². The Hall–Kier alpha value is -2.62. The van der Waals surface area contributed by atoms with Crippen molar-refractivity contribution >= 4 is 11.9 Å². The van der Waals surface area contributed by atoms with Gasteiger partial charge in [-0.25, -0.2) is 4.79 Å². The van der Waals surface area contributed by atoms with E-state index in [1.54, 1.807) is 12.1 Å². The Labute approximate surface area is 142 Å². The van der Waals surface area contributed by atoms with Crippen LogP contribution in [0.5, 0.6) is 0 Å². The van der Waals surface area contributed by atoms with Crippen molar-refractivity contribution in [3.63, 3.8) is 0 Å². The van der Waals surface area contributed by atoms with Gasteiger partial charge >= 0.3 is 5.97 Å². The first-order chi connectivity index (χ1) is 11.5. The molecule has 0 aliphatic heterocycles. The van der Waals surface area contributed by atoms with Crippen molar-refractivity contribution in [1.29, 1.82) is 0 Å². The van der Waals surface area contributed by atoms with E-state index in [1.165, 1.54) is 5.56 Å². The highest BCUT2D eigenvalue weighted by Gasteiger charge is 2.13. The van der Waals surface area contributed by atoms with Crippen LogP contribution < -0.4 is 5.32 Å². The van der Waals surface area contributed by atoms with Crippen LogP contribution in [0.3, 0.4) is 0 Å². The van der Waals surface area contributed by atoms with Crippen molar-refractivity contribution < 1.29 is 14.3 Å². The number of rotatable bonds is 6.